The van der Waals surface area contributed by atoms with Gasteiger partial charge in [0.2, 0.25) is 5.91 Å². The van der Waals surface area contributed by atoms with Gasteiger partial charge in [0.25, 0.3) is 0 Å². The molecule has 5 heteroatoms. The molecule has 2 rings (SSSR count). The van der Waals surface area contributed by atoms with E-state index in [1.54, 1.807) is 6.08 Å². The highest BCUT2D eigenvalue weighted by Gasteiger charge is 2.04. The molecule has 21 heavy (non-hydrogen) atoms. The van der Waals surface area contributed by atoms with Crippen molar-refractivity contribution in [2.75, 3.05) is 5.32 Å². The molecule has 5 nitrogen and oxygen atoms in total. The van der Waals surface area contributed by atoms with Crippen LogP contribution in [-0.4, -0.2) is 22.0 Å². The Kier molecular flexibility index (Phi) is 4.46. The fourth-order valence-electron chi connectivity index (χ4n) is 1.72. The molecule has 0 spiro atoms. The zero-order valence-electron chi connectivity index (χ0n) is 11.4. The van der Waals surface area contributed by atoms with Crippen molar-refractivity contribution in [3.8, 4) is 0 Å². The van der Waals surface area contributed by atoms with Crippen molar-refractivity contribution in [3.63, 3.8) is 0 Å². The van der Waals surface area contributed by atoms with Crippen LogP contribution < -0.4 is 5.32 Å². The summed E-state index contributed by atoms with van der Waals surface area (Å²) in [4.78, 5) is 26.2. The first-order valence-electron chi connectivity index (χ1n) is 6.30. The van der Waals surface area contributed by atoms with Gasteiger partial charge >= 0.3 is 5.97 Å². The normalized spacial score (nSPS) is 10.5. The lowest BCUT2D eigenvalue weighted by Gasteiger charge is -2.02. The number of amides is 1. The van der Waals surface area contributed by atoms with Gasteiger partial charge in [0.1, 0.15) is 5.69 Å². The summed E-state index contributed by atoms with van der Waals surface area (Å²) >= 11 is 0. The zero-order valence-corrected chi connectivity index (χ0v) is 11.4. The minimum atomic E-state index is -1.10. The van der Waals surface area contributed by atoms with Crippen molar-refractivity contribution in [1.82, 2.24) is 4.98 Å². The number of nitrogens with zero attached hydrogens (tertiary/aromatic N) is 1. The fourth-order valence-corrected chi connectivity index (χ4v) is 1.72. The van der Waals surface area contributed by atoms with E-state index in [0.29, 0.717) is 5.69 Å². The lowest BCUT2D eigenvalue weighted by molar-refractivity contribution is -0.111. The fraction of sp³-hybridized carbons (Fsp3) is 0.0625. The predicted molar refractivity (Wildman–Crippen MR) is 80.0 cm³/mol. The maximum atomic E-state index is 11.8. The number of carbonyl (C=O) groups excluding carboxylic acids is 1. The van der Waals surface area contributed by atoms with Crippen LogP contribution in [0.25, 0.3) is 6.08 Å². The molecule has 0 aliphatic rings. The van der Waals surface area contributed by atoms with Crippen LogP contribution in [0.15, 0.2) is 48.7 Å². The Morgan fingerprint density at radius 2 is 1.95 bits per heavy atom. The first-order valence-corrected chi connectivity index (χ1v) is 6.30. The zero-order chi connectivity index (χ0) is 15.2. The quantitative estimate of drug-likeness (QED) is 0.845. The van der Waals surface area contributed by atoms with E-state index < -0.39 is 5.97 Å². The molecule has 0 atom stereocenters. The second kappa shape index (κ2) is 6.47. The average Bonchev–Trinajstić information content (AvgIpc) is 2.47. The SMILES string of the molecule is Cc1ccccc1/C=C/C(=O)Nc1ccc(C(=O)O)nc1. The van der Waals surface area contributed by atoms with E-state index in [-0.39, 0.29) is 11.6 Å². The predicted octanol–water partition coefficient (Wildman–Crippen LogP) is 2.74. The van der Waals surface area contributed by atoms with Crippen LogP contribution in [0.5, 0.6) is 0 Å². The number of hydrogen-bond donors (Lipinski definition) is 2. The smallest absolute Gasteiger partial charge is 0.354 e. The van der Waals surface area contributed by atoms with Gasteiger partial charge in [-0.15, -0.1) is 0 Å². The lowest BCUT2D eigenvalue weighted by Crippen LogP contribution is -2.09. The second-order valence-corrected chi connectivity index (χ2v) is 4.42. The van der Waals surface area contributed by atoms with Gasteiger partial charge in [-0.05, 0) is 36.3 Å². The summed E-state index contributed by atoms with van der Waals surface area (Å²) in [5, 5.41) is 11.3. The van der Waals surface area contributed by atoms with E-state index in [9.17, 15) is 9.59 Å². The van der Waals surface area contributed by atoms with Crippen LogP contribution in [0.3, 0.4) is 0 Å². The van der Waals surface area contributed by atoms with Gasteiger partial charge in [-0.1, -0.05) is 24.3 Å². The van der Waals surface area contributed by atoms with Crippen LogP contribution in [-0.2, 0) is 4.79 Å². The Balaban J connectivity index is 2.02. The number of benzene rings is 1. The maximum absolute atomic E-state index is 11.8. The summed E-state index contributed by atoms with van der Waals surface area (Å²) in [5.41, 5.74) is 2.42. The molecular formula is C16H14N2O3. The molecule has 1 amide bonds. The molecule has 0 fully saturated rings. The monoisotopic (exact) mass is 282 g/mol. The molecule has 106 valence electrons. The number of hydrogen-bond acceptors (Lipinski definition) is 3. The third-order valence-corrected chi connectivity index (χ3v) is 2.85. The number of anilines is 1. The number of rotatable bonds is 4. The standard InChI is InChI=1S/C16H14N2O3/c1-11-4-2-3-5-12(11)6-9-15(19)18-13-7-8-14(16(20)21)17-10-13/h2-10H,1H3,(H,18,19)(H,20,21)/b9-6+. The third kappa shape index (κ3) is 4.01. The average molecular weight is 282 g/mol. The minimum absolute atomic E-state index is 0.0662. The summed E-state index contributed by atoms with van der Waals surface area (Å²) in [6, 6.07) is 10.6. The molecule has 0 saturated heterocycles. The van der Waals surface area contributed by atoms with Crippen molar-refractivity contribution in [1.29, 1.82) is 0 Å². The molecule has 2 aromatic rings. The molecule has 0 aliphatic carbocycles. The van der Waals surface area contributed by atoms with E-state index in [2.05, 4.69) is 10.3 Å². The van der Waals surface area contributed by atoms with Gasteiger partial charge in [0.15, 0.2) is 0 Å². The first-order chi connectivity index (χ1) is 10.1. The van der Waals surface area contributed by atoms with Crippen molar-refractivity contribution in [2.24, 2.45) is 0 Å². The number of carbonyl (C=O) groups is 2. The number of aromatic nitrogens is 1. The van der Waals surface area contributed by atoms with Gasteiger partial charge in [-0.3, -0.25) is 4.79 Å². The number of pyridine rings is 1. The number of aryl methyl sites for hydroxylation is 1. The van der Waals surface area contributed by atoms with E-state index in [4.69, 9.17) is 5.11 Å². The van der Waals surface area contributed by atoms with Gasteiger partial charge in [0.05, 0.1) is 11.9 Å². The van der Waals surface area contributed by atoms with Crippen molar-refractivity contribution < 1.29 is 14.7 Å². The molecule has 0 saturated carbocycles. The number of carboxylic acids is 1. The van der Waals surface area contributed by atoms with Gasteiger partial charge < -0.3 is 10.4 Å². The van der Waals surface area contributed by atoms with E-state index >= 15 is 0 Å². The van der Waals surface area contributed by atoms with Crippen LogP contribution in [0.1, 0.15) is 21.6 Å². The van der Waals surface area contributed by atoms with Crippen molar-refractivity contribution in [2.45, 2.75) is 6.92 Å². The first kappa shape index (κ1) is 14.5. The topological polar surface area (TPSA) is 79.3 Å². The van der Waals surface area contributed by atoms with Crippen molar-refractivity contribution in [3.05, 3.63) is 65.5 Å². The minimum Gasteiger partial charge on any atom is -0.477 e. The second-order valence-electron chi connectivity index (χ2n) is 4.42. The van der Waals surface area contributed by atoms with Crippen LogP contribution >= 0.6 is 0 Å². The maximum Gasteiger partial charge on any atom is 0.354 e. The Morgan fingerprint density at radius 1 is 1.19 bits per heavy atom. The Hall–Kier alpha value is -2.95. The van der Waals surface area contributed by atoms with E-state index in [1.807, 2.05) is 31.2 Å². The number of nitrogens with one attached hydrogen (secondary N) is 1. The number of aromatic carboxylic acids is 1. The Labute approximate surface area is 122 Å². The Bertz CT molecular complexity index is 691. The van der Waals surface area contributed by atoms with E-state index in [1.165, 1.54) is 24.4 Å². The highest BCUT2D eigenvalue weighted by Crippen LogP contribution is 2.10. The molecular weight excluding hydrogens is 268 g/mol. The summed E-state index contributed by atoms with van der Waals surface area (Å²) in [6.45, 7) is 1.96. The highest BCUT2D eigenvalue weighted by molar-refractivity contribution is 6.02. The van der Waals surface area contributed by atoms with Gasteiger partial charge in [-0.25, -0.2) is 9.78 Å². The third-order valence-electron chi connectivity index (χ3n) is 2.85. The summed E-state index contributed by atoms with van der Waals surface area (Å²) < 4.78 is 0. The summed E-state index contributed by atoms with van der Waals surface area (Å²) in [7, 11) is 0. The number of carboxylic acid groups (broad SMARTS) is 1. The molecule has 1 aromatic heterocycles. The molecule has 2 N–H and O–H groups in total. The molecule has 1 aromatic carbocycles. The lowest BCUT2D eigenvalue weighted by atomic mass is 10.1. The van der Waals surface area contributed by atoms with E-state index in [0.717, 1.165) is 11.1 Å². The molecule has 0 radical (unpaired) electrons. The Morgan fingerprint density at radius 3 is 2.57 bits per heavy atom. The highest BCUT2D eigenvalue weighted by atomic mass is 16.4. The van der Waals surface area contributed by atoms with Gasteiger partial charge in [0, 0.05) is 6.08 Å². The molecule has 0 unspecified atom stereocenters. The van der Waals surface area contributed by atoms with Crippen LogP contribution in [0.2, 0.25) is 0 Å². The van der Waals surface area contributed by atoms with Crippen molar-refractivity contribution >= 4 is 23.6 Å². The van der Waals surface area contributed by atoms with Gasteiger partial charge in [-0.2, -0.15) is 0 Å². The summed E-state index contributed by atoms with van der Waals surface area (Å²) in [6.07, 6.45) is 4.46. The molecule has 0 aliphatic heterocycles. The summed E-state index contributed by atoms with van der Waals surface area (Å²) in [5.74, 6) is -1.41. The molecule has 0 bridgehead atoms. The van der Waals surface area contributed by atoms with Crippen LogP contribution in [0, 0.1) is 6.92 Å². The largest absolute Gasteiger partial charge is 0.477 e. The molecule has 1 heterocycles. The van der Waals surface area contributed by atoms with Crippen LogP contribution in [0.4, 0.5) is 5.69 Å².